The van der Waals surface area contributed by atoms with Crippen molar-refractivity contribution in [3.05, 3.63) is 68.5 Å². The van der Waals surface area contributed by atoms with Crippen LogP contribution in [0.3, 0.4) is 0 Å². The van der Waals surface area contributed by atoms with Gasteiger partial charge in [0.1, 0.15) is 31.1 Å². The molecule has 3 rings (SSSR count). The van der Waals surface area contributed by atoms with Gasteiger partial charge in [0.25, 0.3) is 11.5 Å². The fraction of sp³-hybridized carbons (Fsp3) is 0.417. The quantitative estimate of drug-likeness (QED) is 0.436. The first-order valence-corrected chi connectivity index (χ1v) is 11.0. The van der Waals surface area contributed by atoms with Crippen LogP contribution in [0, 0.1) is 11.8 Å². The second kappa shape index (κ2) is 11.4. The van der Waals surface area contributed by atoms with Gasteiger partial charge < -0.3 is 14.2 Å². The molecule has 0 spiro atoms. The predicted molar refractivity (Wildman–Crippen MR) is 119 cm³/mol. The molecule has 1 aliphatic heterocycles. The van der Waals surface area contributed by atoms with E-state index in [0.717, 1.165) is 0 Å². The number of ether oxygens (including phenoxy) is 3. The van der Waals surface area contributed by atoms with Gasteiger partial charge in [-0.3, -0.25) is 19.0 Å². The summed E-state index contributed by atoms with van der Waals surface area (Å²) in [7, 11) is 0. The molecule has 0 amide bonds. The molecule has 3 atom stereocenters. The molecular formula is C24H23F3N2O7. The zero-order chi connectivity index (χ0) is 26.5. The molecule has 1 aliphatic rings. The third kappa shape index (κ3) is 6.10. The molecule has 0 unspecified atom stereocenters. The Bertz CT molecular complexity index is 1290. The van der Waals surface area contributed by atoms with E-state index in [0.29, 0.717) is 17.2 Å². The van der Waals surface area contributed by atoms with Crippen molar-refractivity contribution >= 4 is 11.9 Å². The summed E-state index contributed by atoms with van der Waals surface area (Å²) in [6, 6.07) is 6.97. The lowest BCUT2D eigenvalue weighted by Crippen LogP contribution is -2.47. The number of benzene rings is 1. The highest BCUT2D eigenvalue weighted by atomic mass is 19.4. The van der Waals surface area contributed by atoms with Crippen molar-refractivity contribution in [2.45, 2.75) is 51.3 Å². The largest absolute Gasteiger partial charge is 0.463 e. The number of halogens is 3. The Morgan fingerprint density at radius 2 is 1.86 bits per heavy atom. The maximum Gasteiger partial charge on any atom is 0.423 e. The van der Waals surface area contributed by atoms with Crippen molar-refractivity contribution in [3.63, 3.8) is 0 Å². The molecule has 9 nitrogen and oxygen atoms in total. The SMILES string of the molecule is CCC#CCO[C@H]1C[C@H](n2cc(C(F)(F)F)c(=O)n(C(=O)c3ccccc3)c2=O)O[C@@H]1COC(C)=O. The minimum absolute atomic E-state index is 0.0279. The predicted octanol–water partition coefficient (Wildman–Crippen LogP) is 2.37. The summed E-state index contributed by atoms with van der Waals surface area (Å²) in [5.74, 6) is 3.71. The lowest BCUT2D eigenvalue weighted by Gasteiger charge is -2.19. The van der Waals surface area contributed by atoms with Crippen LogP contribution in [0.25, 0.3) is 0 Å². The highest BCUT2D eigenvalue weighted by Crippen LogP contribution is 2.32. The van der Waals surface area contributed by atoms with Gasteiger partial charge in [0.15, 0.2) is 0 Å². The van der Waals surface area contributed by atoms with Crippen molar-refractivity contribution in [3.8, 4) is 11.8 Å². The van der Waals surface area contributed by atoms with Crippen LogP contribution in [-0.2, 0) is 25.2 Å². The highest BCUT2D eigenvalue weighted by Gasteiger charge is 2.42. The molecule has 1 fully saturated rings. The van der Waals surface area contributed by atoms with Crippen LogP contribution in [0.4, 0.5) is 13.2 Å². The Kier molecular flexibility index (Phi) is 8.49. The molecule has 0 aliphatic carbocycles. The van der Waals surface area contributed by atoms with Gasteiger partial charge in [0.2, 0.25) is 0 Å². The molecule has 1 aromatic carbocycles. The van der Waals surface area contributed by atoms with Crippen LogP contribution >= 0.6 is 0 Å². The first kappa shape index (κ1) is 26.9. The number of esters is 1. The molecule has 12 heteroatoms. The average Bonchev–Trinajstić information content (AvgIpc) is 3.23. The van der Waals surface area contributed by atoms with Gasteiger partial charge in [-0.1, -0.05) is 31.0 Å². The summed E-state index contributed by atoms with van der Waals surface area (Å²) in [5.41, 5.74) is -4.98. The van der Waals surface area contributed by atoms with Crippen LogP contribution < -0.4 is 11.2 Å². The van der Waals surface area contributed by atoms with Gasteiger partial charge in [0, 0.05) is 31.5 Å². The Balaban J connectivity index is 2.06. The number of nitrogens with zero attached hydrogens (tertiary/aromatic N) is 2. The molecule has 2 heterocycles. The summed E-state index contributed by atoms with van der Waals surface area (Å²) >= 11 is 0. The van der Waals surface area contributed by atoms with Gasteiger partial charge in [-0.15, -0.1) is 5.92 Å². The minimum atomic E-state index is -5.16. The first-order chi connectivity index (χ1) is 17.0. The molecule has 1 saturated heterocycles. The third-order valence-electron chi connectivity index (χ3n) is 5.26. The van der Waals surface area contributed by atoms with Crippen LogP contribution in [0.2, 0.25) is 0 Å². The summed E-state index contributed by atoms with van der Waals surface area (Å²) in [4.78, 5) is 49.9. The van der Waals surface area contributed by atoms with E-state index in [1.54, 1.807) is 6.07 Å². The molecule has 1 aromatic heterocycles. The molecule has 0 radical (unpaired) electrons. The van der Waals surface area contributed by atoms with E-state index in [9.17, 15) is 32.3 Å². The molecule has 0 saturated carbocycles. The van der Waals surface area contributed by atoms with E-state index in [4.69, 9.17) is 14.2 Å². The summed E-state index contributed by atoms with van der Waals surface area (Å²) < 4.78 is 57.9. The zero-order valence-corrected chi connectivity index (χ0v) is 19.4. The van der Waals surface area contributed by atoms with Gasteiger partial charge in [-0.05, 0) is 12.1 Å². The Morgan fingerprint density at radius 3 is 2.47 bits per heavy atom. The van der Waals surface area contributed by atoms with Gasteiger partial charge >= 0.3 is 17.8 Å². The van der Waals surface area contributed by atoms with Crippen LogP contribution in [0.1, 0.15) is 48.8 Å². The van der Waals surface area contributed by atoms with E-state index >= 15 is 0 Å². The molecule has 0 bridgehead atoms. The first-order valence-electron chi connectivity index (χ1n) is 11.0. The Morgan fingerprint density at radius 1 is 1.17 bits per heavy atom. The number of hydrogen-bond donors (Lipinski definition) is 0. The molecule has 0 N–H and O–H groups in total. The summed E-state index contributed by atoms with van der Waals surface area (Å²) in [6.45, 7) is 2.68. The van der Waals surface area contributed by atoms with E-state index in [2.05, 4.69) is 11.8 Å². The molecule has 36 heavy (non-hydrogen) atoms. The number of carbonyl (C=O) groups is 2. The van der Waals surface area contributed by atoms with Crippen LogP contribution in [-0.4, -0.2) is 46.4 Å². The van der Waals surface area contributed by atoms with E-state index < -0.39 is 53.3 Å². The smallest absolute Gasteiger partial charge is 0.423 e. The third-order valence-corrected chi connectivity index (χ3v) is 5.26. The molecule has 2 aromatic rings. The minimum Gasteiger partial charge on any atom is -0.463 e. The number of rotatable bonds is 6. The normalized spacial score (nSPS) is 19.4. The maximum atomic E-state index is 13.7. The van der Waals surface area contributed by atoms with Crippen molar-refractivity contribution in [1.29, 1.82) is 0 Å². The monoisotopic (exact) mass is 508 g/mol. The average molecular weight is 508 g/mol. The van der Waals surface area contributed by atoms with Crippen molar-refractivity contribution in [2.75, 3.05) is 13.2 Å². The molecule has 192 valence electrons. The lowest BCUT2D eigenvalue weighted by atomic mass is 10.2. The maximum absolute atomic E-state index is 13.7. The number of carbonyl (C=O) groups excluding carboxylic acids is 2. The summed E-state index contributed by atoms with van der Waals surface area (Å²) in [5, 5.41) is 0. The van der Waals surface area contributed by atoms with Crippen molar-refractivity contribution in [2.24, 2.45) is 0 Å². The topological polar surface area (TPSA) is 106 Å². The molecular weight excluding hydrogens is 485 g/mol. The van der Waals surface area contributed by atoms with E-state index in [-0.39, 0.29) is 29.8 Å². The lowest BCUT2D eigenvalue weighted by molar-refractivity contribution is -0.148. The second-order valence-corrected chi connectivity index (χ2v) is 7.77. The zero-order valence-electron chi connectivity index (χ0n) is 19.4. The Labute approximate surface area is 203 Å². The number of aromatic nitrogens is 2. The number of hydrogen-bond acceptors (Lipinski definition) is 7. The van der Waals surface area contributed by atoms with Gasteiger partial charge in [-0.25, -0.2) is 4.79 Å². The van der Waals surface area contributed by atoms with Crippen molar-refractivity contribution < 1.29 is 37.0 Å². The standard InChI is InChI=1S/C24H23F3N2O7/c1-3-4-8-11-34-18-12-20(36-19(18)14-35-15(2)30)28-13-17(24(25,26)27)22(32)29(23(28)33)21(31)16-9-6-5-7-10-16/h5-7,9-10,13,18-20H,3,11-12,14H2,1-2H3/t18-,19+,20+/m0/s1. The fourth-order valence-corrected chi connectivity index (χ4v) is 3.58. The number of alkyl halides is 3. The highest BCUT2D eigenvalue weighted by molar-refractivity contribution is 5.95. The van der Waals surface area contributed by atoms with Crippen LogP contribution in [0.5, 0.6) is 0 Å². The van der Waals surface area contributed by atoms with Crippen LogP contribution in [0.15, 0.2) is 46.1 Å². The van der Waals surface area contributed by atoms with Crippen molar-refractivity contribution in [1.82, 2.24) is 9.13 Å². The Hall–Kier alpha value is -3.69. The van der Waals surface area contributed by atoms with Gasteiger partial charge in [-0.2, -0.15) is 17.7 Å². The second-order valence-electron chi connectivity index (χ2n) is 7.77. The fourth-order valence-electron chi connectivity index (χ4n) is 3.58. The van der Waals surface area contributed by atoms with Gasteiger partial charge in [0.05, 0.1) is 6.10 Å². The summed E-state index contributed by atoms with van der Waals surface area (Å²) in [6.07, 6.45) is -7.47. The van der Waals surface area contributed by atoms with E-state index in [1.807, 2.05) is 6.92 Å². The van der Waals surface area contributed by atoms with E-state index in [1.165, 1.54) is 31.2 Å².